The maximum atomic E-state index is 14.1. The monoisotopic (exact) mass is 446 g/mol. The molecule has 0 saturated heterocycles. The highest BCUT2D eigenvalue weighted by molar-refractivity contribution is 6.08. The van der Waals surface area contributed by atoms with Crippen LogP contribution in [-0.4, -0.2) is 33.0 Å². The Morgan fingerprint density at radius 1 is 1.22 bits per heavy atom. The van der Waals surface area contributed by atoms with Crippen molar-refractivity contribution in [3.05, 3.63) is 76.6 Å². The number of hydrogen-bond donors (Lipinski definition) is 0. The van der Waals surface area contributed by atoms with Crippen LogP contribution < -0.4 is 4.90 Å². The van der Waals surface area contributed by atoms with Crippen LogP contribution in [0, 0.1) is 12.7 Å². The number of alkyl halides is 3. The first-order valence-electron chi connectivity index (χ1n) is 9.77. The van der Waals surface area contributed by atoms with Crippen LogP contribution >= 0.6 is 0 Å². The van der Waals surface area contributed by atoms with Gasteiger partial charge in [0, 0.05) is 41.7 Å². The molecule has 0 aliphatic carbocycles. The van der Waals surface area contributed by atoms with Crippen molar-refractivity contribution in [1.29, 1.82) is 0 Å². The van der Waals surface area contributed by atoms with Gasteiger partial charge in [-0.3, -0.25) is 19.3 Å². The number of nitrogens with zero attached hydrogens (tertiary/aromatic N) is 4. The highest BCUT2D eigenvalue weighted by atomic mass is 19.4. The van der Waals surface area contributed by atoms with Crippen LogP contribution in [0.3, 0.4) is 0 Å². The molecule has 0 fully saturated rings. The second-order valence-electron chi connectivity index (χ2n) is 7.68. The number of ketones is 1. The molecule has 166 valence electrons. The standard InChI is InChI=1S/C22H18F4N4O2/c1-12-7-14(5-6-27-12)19(31)8-15-10-28-30-13(2)11-29(21(32)20(15)30)16-3-4-17(18(23)9-16)22(24,25)26/h3-7,9-10,13H,8,11H2,1-2H3/t13-/m0/s1. The summed E-state index contributed by atoms with van der Waals surface area (Å²) in [5.74, 6) is -2.25. The molecule has 0 unspecified atom stereocenters. The zero-order valence-corrected chi connectivity index (χ0v) is 17.2. The molecule has 3 heterocycles. The summed E-state index contributed by atoms with van der Waals surface area (Å²) in [5, 5.41) is 4.23. The van der Waals surface area contributed by atoms with Crippen molar-refractivity contribution in [3.8, 4) is 0 Å². The van der Waals surface area contributed by atoms with Gasteiger partial charge in [-0.15, -0.1) is 0 Å². The second kappa shape index (κ2) is 7.85. The van der Waals surface area contributed by atoms with Gasteiger partial charge in [-0.05, 0) is 44.2 Å². The van der Waals surface area contributed by atoms with Gasteiger partial charge in [-0.1, -0.05) is 0 Å². The zero-order valence-electron chi connectivity index (χ0n) is 17.2. The smallest absolute Gasteiger partial charge is 0.305 e. The first kappa shape index (κ1) is 21.7. The summed E-state index contributed by atoms with van der Waals surface area (Å²) in [6.07, 6.45) is -1.97. The van der Waals surface area contributed by atoms with E-state index in [0.717, 1.165) is 6.07 Å². The third-order valence-electron chi connectivity index (χ3n) is 5.32. The van der Waals surface area contributed by atoms with Gasteiger partial charge in [-0.2, -0.15) is 18.3 Å². The number of amides is 1. The second-order valence-corrected chi connectivity index (χ2v) is 7.68. The van der Waals surface area contributed by atoms with Gasteiger partial charge in [0.2, 0.25) is 0 Å². The fourth-order valence-electron chi connectivity index (χ4n) is 3.77. The summed E-state index contributed by atoms with van der Waals surface area (Å²) < 4.78 is 54.3. The quantitative estimate of drug-likeness (QED) is 0.440. The summed E-state index contributed by atoms with van der Waals surface area (Å²) in [4.78, 5) is 31.2. The van der Waals surface area contributed by atoms with Crippen LogP contribution in [0.5, 0.6) is 0 Å². The first-order chi connectivity index (χ1) is 15.1. The molecule has 0 spiro atoms. The number of carbonyl (C=O) groups is 2. The summed E-state index contributed by atoms with van der Waals surface area (Å²) in [5.41, 5.74) is 0.259. The van der Waals surface area contributed by atoms with E-state index in [0.29, 0.717) is 29.0 Å². The minimum absolute atomic E-state index is 0.00170. The highest BCUT2D eigenvalue weighted by Gasteiger charge is 2.37. The Morgan fingerprint density at radius 2 is 1.97 bits per heavy atom. The van der Waals surface area contributed by atoms with Gasteiger partial charge in [0.05, 0.1) is 17.8 Å². The minimum Gasteiger partial charge on any atom is -0.305 e. The van der Waals surface area contributed by atoms with Crippen molar-refractivity contribution < 1.29 is 27.2 Å². The number of carbonyl (C=O) groups excluding carboxylic acids is 2. The maximum absolute atomic E-state index is 14.1. The topological polar surface area (TPSA) is 68.1 Å². The third kappa shape index (κ3) is 3.88. The molecular weight excluding hydrogens is 428 g/mol. The van der Waals surface area contributed by atoms with E-state index in [1.165, 1.54) is 22.0 Å². The molecule has 3 aromatic rings. The summed E-state index contributed by atoms with van der Waals surface area (Å²) in [7, 11) is 0. The number of pyridine rings is 1. The summed E-state index contributed by atoms with van der Waals surface area (Å²) in [6, 6.07) is 5.26. The molecule has 1 aromatic carbocycles. The van der Waals surface area contributed by atoms with Crippen LogP contribution in [-0.2, 0) is 12.6 Å². The molecule has 4 rings (SSSR count). The molecule has 0 saturated carbocycles. The number of halogens is 4. The van der Waals surface area contributed by atoms with Gasteiger partial charge in [0.15, 0.2) is 5.78 Å². The van der Waals surface area contributed by atoms with Gasteiger partial charge in [0.1, 0.15) is 11.5 Å². The Balaban J connectivity index is 1.66. The molecule has 32 heavy (non-hydrogen) atoms. The van der Waals surface area contributed by atoms with Crippen LogP contribution in [0.1, 0.15) is 50.6 Å². The normalized spacial score (nSPS) is 16.2. The van der Waals surface area contributed by atoms with E-state index in [9.17, 15) is 27.2 Å². The molecule has 1 aliphatic heterocycles. The lowest BCUT2D eigenvalue weighted by molar-refractivity contribution is -0.139. The fourth-order valence-corrected chi connectivity index (χ4v) is 3.77. The lowest BCUT2D eigenvalue weighted by atomic mass is 10.0. The number of anilines is 1. The molecule has 0 bridgehead atoms. The van der Waals surface area contributed by atoms with Gasteiger partial charge < -0.3 is 4.90 Å². The largest absolute Gasteiger partial charge is 0.419 e. The molecule has 1 aliphatic rings. The van der Waals surface area contributed by atoms with Crippen molar-refractivity contribution in [2.24, 2.45) is 0 Å². The number of aromatic nitrogens is 3. The van der Waals surface area contributed by atoms with Gasteiger partial charge in [-0.25, -0.2) is 4.39 Å². The van der Waals surface area contributed by atoms with Crippen molar-refractivity contribution in [3.63, 3.8) is 0 Å². The van der Waals surface area contributed by atoms with Gasteiger partial charge in [0.25, 0.3) is 5.91 Å². The number of fused-ring (bicyclic) bond motifs is 1. The molecule has 10 heteroatoms. The Hall–Kier alpha value is -3.56. The number of hydrogen-bond acceptors (Lipinski definition) is 4. The lowest BCUT2D eigenvalue weighted by Gasteiger charge is -2.32. The highest BCUT2D eigenvalue weighted by Crippen LogP contribution is 2.35. The van der Waals surface area contributed by atoms with Crippen LogP contribution in [0.15, 0.2) is 42.7 Å². The Kier molecular flexibility index (Phi) is 5.31. The molecule has 0 radical (unpaired) electrons. The SMILES string of the molecule is Cc1cc(C(=O)Cc2cnn3c2C(=O)N(c2ccc(C(F)(F)F)c(F)c2)C[C@@H]3C)ccn1. The molecule has 2 aromatic heterocycles. The van der Waals surface area contributed by atoms with Crippen molar-refractivity contribution >= 4 is 17.4 Å². The number of aryl methyl sites for hydroxylation is 1. The third-order valence-corrected chi connectivity index (χ3v) is 5.32. The van der Waals surface area contributed by atoms with Crippen molar-refractivity contribution in [2.75, 3.05) is 11.4 Å². The fraction of sp³-hybridized carbons (Fsp3) is 0.273. The Bertz CT molecular complexity index is 1220. The Labute approximate surface area is 180 Å². The molecule has 0 N–H and O–H groups in total. The zero-order chi connectivity index (χ0) is 23.2. The lowest BCUT2D eigenvalue weighted by Crippen LogP contribution is -2.43. The van der Waals surface area contributed by atoms with E-state index >= 15 is 0 Å². The van der Waals surface area contributed by atoms with Crippen LogP contribution in [0.25, 0.3) is 0 Å². The summed E-state index contributed by atoms with van der Waals surface area (Å²) in [6.45, 7) is 3.62. The maximum Gasteiger partial charge on any atom is 0.419 e. The predicted molar refractivity (Wildman–Crippen MR) is 107 cm³/mol. The van der Waals surface area contributed by atoms with Crippen LogP contribution in [0.2, 0.25) is 0 Å². The first-order valence-corrected chi connectivity index (χ1v) is 9.77. The Morgan fingerprint density at radius 3 is 2.62 bits per heavy atom. The van der Waals surface area contributed by atoms with Gasteiger partial charge >= 0.3 is 6.18 Å². The van der Waals surface area contributed by atoms with Crippen LogP contribution in [0.4, 0.5) is 23.2 Å². The summed E-state index contributed by atoms with van der Waals surface area (Å²) >= 11 is 0. The number of benzene rings is 1. The molecule has 1 amide bonds. The van der Waals surface area contributed by atoms with E-state index in [1.54, 1.807) is 26.0 Å². The predicted octanol–water partition coefficient (Wildman–Crippen LogP) is 4.39. The average molecular weight is 446 g/mol. The number of rotatable bonds is 4. The average Bonchev–Trinajstić information content (AvgIpc) is 3.14. The van der Waals surface area contributed by atoms with E-state index < -0.39 is 23.5 Å². The number of Topliss-reactive ketones (excluding diaryl/α,β-unsaturated/α-hetero) is 1. The van der Waals surface area contributed by atoms with E-state index in [2.05, 4.69) is 10.1 Å². The molecular formula is C22H18F4N4O2. The minimum atomic E-state index is -4.83. The van der Waals surface area contributed by atoms with E-state index in [-0.39, 0.29) is 36.2 Å². The van der Waals surface area contributed by atoms with E-state index in [4.69, 9.17) is 0 Å². The van der Waals surface area contributed by atoms with Crippen molar-refractivity contribution in [2.45, 2.75) is 32.5 Å². The molecule has 6 nitrogen and oxygen atoms in total. The molecule has 1 atom stereocenters. The van der Waals surface area contributed by atoms with E-state index in [1.807, 2.05) is 0 Å². The van der Waals surface area contributed by atoms with Crippen molar-refractivity contribution in [1.82, 2.24) is 14.8 Å².